The molecule has 0 aromatic heterocycles. The topological polar surface area (TPSA) is 75.4 Å². The first-order chi connectivity index (χ1) is 9.23. The van der Waals surface area contributed by atoms with Crippen LogP contribution in [-0.2, 0) is 9.59 Å². The molecule has 1 heterocycles. The number of nitrogens with two attached hydrogens (primary N) is 1. The van der Waals surface area contributed by atoms with Gasteiger partial charge in [-0.2, -0.15) is 0 Å². The van der Waals surface area contributed by atoms with Gasteiger partial charge in [0.1, 0.15) is 10.5 Å². The quantitative estimate of drug-likeness (QED) is 0.634. The van der Waals surface area contributed by atoms with Crippen LogP contribution in [0.4, 0.5) is 5.69 Å². The molecule has 1 saturated heterocycles. The van der Waals surface area contributed by atoms with Gasteiger partial charge in [-0.15, -0.1) is 0 Å². The van der Waals surface area contributed by atoms with E-state index in [0.717, 1.165) is 0 Å². The lowest BCUT2D eigenvalue weighted by Gasteiger charge is -2.42. The molecule has 1 aliphatic rings. The number of halogens is 1. The molecule has 20 heavy (non-hydrogen) atoms. The standard InChI is InChI=1S/C13H14ClN3O2S/c1-13(2)12(19)16-10(18)6-17(13)9-4-3-7(11(15)20)5-8(9)14/h3-5H,6H2,1-2H3,(H2,15,20)(H,16,18,19). The Bertz CT molecular complexity index is 616. The molecule has 106 valence electrons. The summed E-state index contributed by atoms with van der Waals surface area (Å²) in [5, 5.41) is 2.71. The van der Waals surface area contributed by atoms with Gasteiger partial charge in [-0.25, -0.2) is 0 Å². The predicted octanol–water partition coefficient (Wildman–Crippen LogP) is 1.22. The lowest BCUT2D eigenvalue weighted by atomic mass is 9.97. The number of carbonyl (C=O) groups excluding carboxylic acids is 2. The van der Waals surface area contributed by atoms with Gasteiger partial charge in [-0.05, 0) is 32.0 Å². The number of carbonyl (C=O) groups is 2. The van der Waals surface area contributed by atoms with Crippen molar-refractivity contribution in [1.82, 2.24) is 5.32 Å². The summed E-state index contributed by atoms with van der Waals surface area (Å²) in [5.41, 5.74) is 5.91. The fourth-order valence-corrected chi connectivity index (χ4v) is 2.46. The average Bonchev–Trinajstić information content (AvgIpc) is 2.34. The summed E-state index contributed by atoms with van der Waals surface area (Å²) in [4.78, 5) is 25.4. The normalized spacial score (nSPS) is 17.9. The number of hydrogen-bond acceptors (Lipinski definition) is 4. The minimum atomic E-state index is -0.873. The van der Waals surface area contributed by atoms with E-state index in [0.29, 0.717) is 16.3 Å². The second-order valence-corrected chi connectivity index (χ2v) is 5.90. The highest BCUT2D eigenvalue weighted by molar-refractivity contribution is 7.80. The first-order valence-corrected chi connectivity index (χ1v) is 6.73. The molecule has 1 aromatic rings. The molecule has 1 aromatic carbocycles. The molecule has 1 aliphatic heterocycles. The third-order valence-corrected chi connectivity index (χ3v) is 3.85. The summed E-state index contributed by atoms with van der Waals surface area (Å²) in [6.45, 7) is 3.52. The highest BCUT2D eigenvalue weighted by Gasteiger charge is 2.41. The zero-order valence-corrected chi connectivity index (χ0v) is 12.6. The molecule has 0 radical (unpaired) electrons. The number of nitrogens with zero attached hydrogens (tertiary/aromatic N) is 1. The molecule has 0 unspecified atom stereocenters. The Morgan fingerprint density at radius 3 is 2.65 bits per heavy atom. The van der Waals surface area contributed by atoms with Gasteiger partial charge in [0.2, 0.25) is 5.91 Å². The molecule has 7 heteroatoms. The van der Waals surface area contributed by atoms with Gasteiger partial charge in [0.05, 0.1) is 17.3 Å². The van der Waals surface area contributed by atoms with Gasteiger partial charge in [-0.1, -0.05) is 23.8 Å². The lowest BCUT2D eigenvalue weighted by Crippen LogP contribution is -2.64. The van der Waals surface area contributed by atoms with Gasteiger partial charge in [0, 0.05) is 5.56 Å². The van der Waals surface area contributed by atoms with Crippen LogP contribution in [0.15, 0.2) is 18.2 Å². The van der Waals surface area contributed by atoms with Crippen LogP contribution in [-0.4, -0.2) is 28.9 Å². The zero-order valence-electron chi connectivity index (χ0n) is 11.1. The molecule has 2 rings (SSSR count). The SMILES string of the molecule is CC1(C)C(=O)NC(=O)CN1c1ccc(C(N)=S)cc1Cl. The number of thiocarbonyl (C=S) groups is 1. The first kappa shape index (κ1) is 14.7. The van der Waals surface area contributed by atoms with E-state index in [9.17, 15) is 9.59 Å². The van der Waals surface area contributed by atoms with Gasteiger partial charge >= 0.3 is 0 Å². The van der Waals surface area contributed by atoms with Crippen LogP contribution in [0.5, 0.6) is 0 Å². The third-order valence-electron chi connectivity index (χ3n) is 3.31. The first-order valence-electron chi connectivity index (χ1n) is 5.95. The third kappa shape index (κ3) is 2.48. The van der Waals surface area contributed by atoms with Crippen LogP contribution in [0.25, 0.3) is 0 Å². The molecule has 2 amide bonds. The number of anilines is 1. The van der Waals surface area contributed by atoms with Crippen molar-refractivity contribution in [2.45, 2.75) is 19.4 Å². The second-order valence-electron chi connectivity index (χ2n) is 5.05. The lowest BCUT2D eigenvalue weighted by molar-refractivity contribution is -0.135. The summed E-state index contributed by atoms with van der Waals surface area (Å²) in [5.74, 6) is -0.716. The number of imide groups is 1. The molecular formula is C13H14ClN3O2S. The van der Waals surface area contributed by atoms with Crippen molar-refractivity contribution in [1.29, 1.82) is 0 Å². The monoisotopic (exact) mass is 311 g/mol. The van der Waals surface area contributed by atoms with E-state index in [1.807, 2.05) is 0 Å². The second kappa shape index (κ2) is 5.03. The zero-order chi connectivity index (χ0) is 15.1. The van der Waals surface area contributed by atoms with E-state index in [4.69, 9.17) is 29.6 Å². The maximum absolute atomic E-state index is 11.9. The van der Waals surface area contributed by atoms with Gasteiger partial charge < -0.3 is 10.6 Å². The Morgan fingerprint density at radius 1 is 1.45 bits per heavy atom. The largest absolute Gasteiger partial charge is 0.389 e. The summed E-state index contributed by atoms with van der Waals surface area (Å²) in [6.07, 6.45) is 0. The van der Waals surface area contributed by atoms with E-state index in [1.54, 1.807) is 36.9 Å². The average molecular weight is 312 g/mol. The van der Waals surface area contributed by atoms with Crippen molar-refractivity contribution in [3.05, 3.63) is 28.8 Å². The van der Waals surface area contributed by atoms with Crippen molar-refractivity contribution < 1.29 is 9.59 Å². The van der Waals surface area contributed by atoms with Crippen LogP contribution in [0.2, 0.25) is 5.02 Å². The minimum absolute atomic E-state index is 0.0604. The molecular weight excluding hydrogens is 298 g/mol. The molecule has 0 bridgehead atoms. The Hall–Kier alpha value is -1.66. The minimum Gasteiger partial charge on any atom is -0.389 e. The Labute approximate surface area is 127 Å². The van der Waals surface area contributed by atoms with Crippen LogP contribution in [0.1, 0.15) is 19.4 Å². The van der Waals surface area contributed by atoms with E-state index in [2.05, 4.69) is 5.32 Å². The highest BCUT2D eigenvalue weighted by Crippen LogP contribution is 2.33. The van der Waals surface area contributed by atoms with Crippen molar-refractivity contribution in [2.24, 2.45) is 5.73 Å². The van der Waals surface area contributed by atoms with E-state index < -0.39 is 5.54 Å². The number of benzene rings is 1. The maximum atomic E-state index is 11.9. The van der Waals surface area contributed by atoms with Crippen molar-refractivity contribution in [3.63, 3.8) is 0 Å². The fourth-order valence-electron chi connectivity index (χ4n) is 2.05. The van der Waals surface area contributed by atoms with Crippen molar-refractivity contribution in [3.8, 4) is 0 Å². The molecule has 0 aliphatic carbocycles. The van der Waals surface area contributed by atoms with E-state index in [-0.39, 0.29) is 23.3 Å². The Kier molecular flexibility index (Phi) is 3.71. The number of hydrogen-bond donors (Lipinski definition) is 2. The van der Waals surface area contributed by atoms with Crippen molar-refractivity contribution in [2.75, 3.05) is 11.4 Å². The predicted molar refractivity (Wildman–Crippen MR) is 81.9 cm³/mol. The van der Waals surface area contributed by atoms with Crippen LogP contribution < -0.4 is 16.0 Å². The molecule has 0 spiro atoms. The van der Waals surface area contributed by atoms with E-state index >= 15 is 0 Å². The summed E-state index contributed by atoms with van der Waals surface area (Å²) >= 11 is 11.1. The van der Waals surface area contributed by atoms with Crippen LogP contribution >= 0.6 is 23.8 Å². The smallest absolute Gasteiger partial charge is 0.251 e. The highest BCUT2D eigenvalue weighted by atomic mass is 35.5. The van der Waals surface area contributed by atoms with Crippen LogP contribution in [0.3, 0.4) is 0 Å². The van der Waals surface area contributed by atoms with Crippen molar-refractivity contribution >= 4 is 46.3 Å². The van der Waals surface area contributed by atoms with Gasteiger partial charge in [0.15, 0.2) is 0 Å². The number of piperazine rings is 1. The molecule has 0 atom stereocenters. The number of amides is 2. The molecule has 1 fully saturated rings. The molecule has 5 nitrogen and oxygen atoms in total. The Morgan fingerprint density at radius 2 is 2.10 bits per heavy atom. The van der Waals surface area contributed by atoms with Gasteiger partial charge in [-0.3, -0.25) is 14.9 Å². The molecule has 0 saturated carbocycles. The maximum Gasteiger partial charge on any atom is 0.251 e. The molecule has 3 N–H and O–H groups in total. The number of rotatable bonds is 2. The summed E-state index contributed by atoms with van der Waals surface area (Å²) in [7, 11) is 0. The number of nitrogens with one attached hydrogen (secondary N) is 1. The van der Waals surface area contributed by atoms with E-state index in [1.165, 1.54) is 0 Å². The van der Waals surface area contributed by atoms with Crippen LogP contribution in [0, 0.1) is 0 Å². The summed E-state index contributed by atoms with van der Waals surface area (Å²) < 4.78 is 0. The summed E-state index contributed by atoms with van der Waals surface area (Å²) in [6, 6.07) is 5.06. The fraction of sp³-hybridized carbons (Fsp3) is 0.308. The Balaban J connectivity index is 2.46. The van der Waals surface area contributed by atoms with Gasteiger partial charge in [0.25, 0.3) is 5.91 Å².